The van der Waals surface area contributed by atoms with E-state index in [9.17, 15) is 9.59 Å². The van der Waals surface area contributed by atoms with Crippen molar-refractivity contribution in [2.24, 2.45) is 0 Å². The molecule has 2 heterocycles. The van der Waals surface area contributed by atoms with Gasteiger partial charge in [-0.3, -0.25) is 9.59 Å². The van der Waals surface area contributed by atoms with Crippen LogP contribution in [0, 0.1) is 0 Å². The number of nitrogens with zero attached hydrogens (tertiary/aromatic N) is 1. The molecule has 0 aromatic carbocycles. The fourth-order valence-electron chi connectivity index (χ4n) is 2.59. The molecule has 5 nitrogen and oxygen atoms in total. The lowest BCUT2D eigenvalue weighted by Gasteiger charge is -2.43. The van der Waals surface area contributed by atoms with Crippen molar-refractivity contribution in [2.75, 3.05) is 13.2 Å². The molecule has 2 unspecified atom stereocenters. The first-order valence-corrected chi connectivity index (χ1v) is 6.35. The van der Waals surface area contributed by atoms with Crippen molar-refractivity contribution in [1.29, 1.82) is 0 Å². The van der Waals surface area contributed by atoms with Crippen molar-refractivity contribution in [3.63, 3.8) is 0 Å². The van der Waals surface area contributed by atoms with Gasteiger partial charge >= 0.3 is 0 Å². The second-order valence-electron chi connectivity index (χ2n) is 4.73. The van der Waals surface area contributed by atoms with E-state index in [0.717, 1.165) is 12.8 Å². The number of ether oxygens (including phenoxy) is 1. The third-order valence-corrected chi connectivity index (χ3v) is 3.66. The molecule has 2 amide bonds. The van der Waals surface area contributed by atoms with Crippen LogP contribution in [0.1, 0.15) is 33.1 Å². The van der Waals surface area contributed by atoms with Crippen LogP contribution in [0.2, 0.25) is 0 Å². The van der Waals surface area contributed by atoms with E-state index in [1.165, 1.54) is 0 Å². The van der Waals surface area contributed by atoms with Gasteiger partial charge in [-0.15, -0.1) is 0 Å². The third-order valence-electron chi connectivity index (χ3n) is 3.66. The summed E-state index contributed by atoms with van der Waals surface area (Å²) in [7, 11) is 0. The molecular formula is C12H20N2O3. The second-order valence-corrected chi connectivity index (χ2v) is 4.73. The van der Waals surface area contributed by atoms with Gasteiger partial charge in [-0.25, -0.2) is 0 Å². The molecule has 2 atom stereocenters. The van der Waals surface area contributed by atoms with Gasteiger partial charge in [-0.05, 0) is 26.2 Å². The Kier molecular flexibility index (Phi) is 3.66. The Morgan fingerprint density at radius 2 is 2.00 bits per heavy atom. The molecule has 0 aliphatic carbocycles. The molecule has 0 aromatic heterocycles. The lowest BCUT2D eigenvalue weighted by Crippen LogP contribution is -2.65. The maximum Gasteiger partial charge on any atom is 0.246 e. The number of piperazine rings is 1. The maximum atomic E-state index is 12.3. The molecule has 17 heavy (non-hydrogen) atoms. The number of hydrogen-bond donors (Lipinski definition) is 1. The van der Waals surface area contributed by atoms with Crippen LogP contribution in [0.15, 0.2) is 0 Å². The number of carbonyl (C=O) groups is 2. The lowest BCUT2D eigenvalue weighted by atomic mass is 9.99. The highest BCUT2D eigenvalue weighted by atomic mass is 16.5. The van der Waals surface area contributed by atoms with E-state index in [0.29, 0.717) is 19.6 Å². The summed E-state index contributed by atoms with van der Waals surface area (Å²) in [6.45, 7) is 5.08. The molecular weight excluding hydrogens is 220 g/mol. The molecule has 2 rings (SSSR count). The van der Waals surface area contributed by atoms with Crippen LogP contribution in [0.5, 0.6) is 0 Å². The number of nitrogens with one attached hydrogen (secondary N) is 1. The third kappa shape index (κ3) is 2.29. The summed E-state index contributed by atoms with van der Waals surface area (Å²) in [6.07, 6.45) is 2.32. The van der Waals surface area contributed by atoms with Crippen LogP contribution in [0.3, 0.4) is 0 Å². The molecule has 2 aliphatic rings. The molecule has 0 bridgehead atoms. The molecule has 5 heteroatoms. The average molecular weight is 240 g/mol. The first kappa shape index (κ1) is 12.4. The highest BCUT2D eigenvalue weighted by Crippen LogP contribution is 2.21. The largest absolute Gasteiger partial charge is 0.381 e. The molecule has 0 radical (unpaired) electrons. The lowest BCUT2D eigenvalue weighted by molar-refractivity contribution is -0.153. The quantitative estimate of drug-likeness (QED) is 0.755. The van der Waals surface area contributed by atoms with Gasteiger partial charge in [0.2, 0.25) is 11.8 Å². The summed E-state index contributed by atoms with van der Waals surface area (Å²) in [4.78, 5) is 25.9. The molecule has 96 valence electrons. The molecule has 1 N–H and O–H groups in total. The minimum absolute atomic E-state index is 0.0389. The summed E-state index contributed by atoms with van der Waals surface area (Å²) >= 11 is 0. The van der Waals surface area contributed by atoms with Crippen LogP contribution in [-0.2, 0) is 14.3 Å². The highest BCUT2D eigenvalue weighted by molar-refractivity contribution is 5.96. The van der Waals surface area contributed by atoms with E-state index < -0.39 is 0 Å². The fourth-order valence-corrected chi connectivity index (χ4v) is 2.59. The highest BCUT2D eigenvalue weighted by Gasteiger charge is 2.40. The maximum absolute atomic E-state index is 12.3. The van der Waals surface area contributed by atoms with E-state index in [-0.39, 0.29) is 29.9 Å². The molecule has 2 saturated heterocycles. The van der Waals surface area contributed by atoms with Crippen molar-refractivity contribution in [2.45, 2.75) is 51.2 Å². The SMILES string of the molecule is CCC1NC(=O)C(C)N(C2CCOCC2)C1=O. The molecule has 0 spiro atoms. The molecule has 2 aliphatic heterocycles. The number of carbonyl (C=O) groups excluding carboxylic acids is 2. The molecule has 0 saturated carbocycles. The van der Waals surface area contributed by atoms with Crippen LogP contribution in [0.25, 0.3) is 0 Å². The minimum Gasteiger partial charge on any atom is -0.381 e. The molecule has 2 fully saturated rings. The van der Waals surface area contributed by atoms with Gasteiger partial charge in [-0.1, -0.05) is 6.92 Å². The van der Waals surface area contributed by atoms with Crippen molar-refractivity contribution >= 4 is 11.8 Å². The van der Waals surface area contributed by atoms with Crippen LogP contribution >= 0.6 is 0 Å². The second kappa shape index (κ2) is 5.04. The van der Waals surface area contributed by atoms with E-state index in [4.69, 9.17) is 4.74 Å². The Bertz CT molecular complexity index is 313. The van der Waals surface area contributed by atoms with Gasteiger partial charge in [0.15, 0.2) is 0 Å². The van der Waals surface area contributed by atoms with Gasteiger partial charge in [-0.2, -0.15) is 0 Å². The van der Waals surface area contributed by atoms with E-state index in [1.54, 1.807) is 11.8 Å². The van der Waals surface area contributed by atoms with Crippen molar-refractivity contribution < 1.29 is 14.3 Å². The first-order valence-electron chi connectivity index (χ1n) is 6.35. The van der Waals surface area contributed by atoms with Crippen LogP contribution in [0.4, 0.5) is 0 Å². The monoisotopic (exact) mass is 240 g/mol. The predicted octanol–water partition coefficient (Wildman–Crippen LogP) is 0.291. The Morgan fingerprint density at radius 1 is 1.35 bits per heavy atom. The van der Waals surface area contributed by atoms with Crippen molar-refractivity contribution in [3.8, 4) is 0 Å². The fraction of sp³-hybridized carbons (Fsp3) is 0.833. The number of amides is 2. The smallest absolute Gasteiger partial charge is 0.246 e. The van der Waals surface area contributed by atoms with Gasteiger partial charge in [0, 0.05) is 19.3 Å². The topological polar surface area (TPSA) is 58.6 Å². The summed E-state index contributed by atoms with van der Waals surface area (Å²) in [5.74, 6) is 0.0226. The van der Waals surface area contributed by atoms with Gasteiger partial charge in [0.25, 0.3) is 0 Å². The average Bonchev–Trinajstić information content (AvgIpc) is 2.35. The summed E-state index contributed by atoms with van der Waals surface area (Å²) < 4.78 is 5.30. The van der Waals surface area contributed by atoms with Gasteiger partial charge in [0.05, 0.1) is 0 Å². The standard InChI is InChI=1S/C12H20N2O3/c1-3-10-12(16)14(8(2)11(15)13-10)9-4-6-17-7-5-9/h8-10H,3-7H2,1-2H3,(H,13,15). The zero-order valence-electron chi connectivity index (χ0n) is 10.4. The van der Waals surface area contributed by atoms with E-state index >= 15 is 0 Å². The van der Waals surface area contributed by atoms with E-state index in [2.05, 4.69) is 5.32 Å². The van der Waals surface area contributed by atoms with Gasteiger partial charge in [0.1, 0.15) is 12.1 Å². The zero-order valence-corrected chi connectivity index (χ0v) is 10.4. The summed E-state index contributed by atoms with van der Waals surface area (Å²) in [5.41, 5.74) is 0. The van der Waals surface area contributed by atoms with Crippen LogP contribution in [-0.4, -0.2) is 48.1 Å². The Labute approximate surface area is 101 Å². The number of hydrogen-bond acceptors (Lipinski definition) is 3. The number of rotatable bonds is 2. The molecule has 0 aromatic rings. The van der Waals surface area contributed by atoms with Crippen LogP contribution < -0.4 is 5.32 Å². The minimum atomic E-state index is -0.353. The normalized spacial score (nSPS) is 31.5. The summed E-state index contributed by atoms with van der Waals surface area (Å²) in [5, 5.41) is 2.77. The van der Waals surface area contributed by atoms with Crippen molar-refractivity contribution in [3.05, 3.63) is 0 Å². The van der Waals surface area contributed by atoms with E-state index in [1.807, 2.05) is 6.92 Å². The van der Waals surface area contributed by atoms with Gasteiger partial charge < -0.3 is 15.0 Å². The Balaban J connectivity index is 2.15. The Morgan fingerprint density at radius 3 is 2.59 bits per heavy atom. The predicted molar refractivity (Wildman–Crippen MR) is 62.4 cm³/mol. The first-order chi connectivity index (χ1) is 8.15. The summed E-state index contributed by atoms with van der Waals surface area (Å²) in [6, 6.07) is -0.540. The van der Waals surface area contributed by atoms with Crippen molar-refractivity contribution in [1.82, 2.24) is 10.2 Å². The Hall–Kier alpha value is -1.10. The zero-order chi connectivity index (χ0) is 12.4.